The number of ether oxygens (including phenoxy) is 1. The summed E-state index contributed by atoms with van der Waals surface area (Å²) in [6.07, 6.45) is 0.251. The van der Waals surface area contributed by atoms with Gasteiger partial charge in [-0.2, -0.15) is 5.26 Å². The SMILES string of the molecule is CC(F)c1nnc(-c2ccc(COc3cccc(C#N)c3)nc2)o1. The van der Waals surface area contributed by atoms with Crippen molar-refractivity contribution in [2.24, 2.45) is 0 Å². The number of pyridine rings is 1. The summed E-state index contributed by atoms with van der Waals surface area (Å²) >= 11 is 0. The lowest BCUT2D eigenvalue weighted by molar-refractivity contribution is 0.300. The molecule has 0 aliphatic rings. The fourth-order valence-corrected chi connectivity index (χ4v) is 1.96. The summed E-state index contributed by atoms with van der Waals surface area (Å²) in [6.45, 7) is 1.59. The van der Waals surface area contributed by atoms with Gasteiger partial charge in [-0.1, -0.05) is 6.07 Å². The summed E-state index contributed by atoms with van der Waals surface area (Å²) in [5.41, 5.74) is 1.83. The molecule has 120 valence electrons. The lowest BCUT2D eigenvalue weighted by atomic mass is 10.2. The quantitative estimate of drug-likeness (QED) is 0.712. The molecule has 2 heterocycles. The number of nitrogens with zero attached hydrogens (tertiary/aromatic N) is 4. The number of aromatic nitrogens is 3. The summed E-state index contributed by atoms with van der Waals surface area (Å²) in [7, 11) is 0. The second-order valence-corrected chi connectivity index (χ2v) is 5.03. The van der Waals surface area contributed by atoms with Gasteiger partial charge in [-0.15, -0.1) is 10.2 Å². The smallest absolute Gasteiger partial charge is 0.250 e. The van der Waals surface area contributed by atoms with Crippen LogP contribution in [-0.4, -0.2) is 15.2 Å². The molecule has 0 aliphatic heterocycles. The normalized spacial score (nSPS) is 11.7. The molecule has 0 fully saturated rings. The molecule has 0 aliphatic carbocycles. The molecule has 0 bridgehead atoms. The van der Waals surface area contributed by atoms with Crippen LogP contribution in [0.5, 0.6) is 5.75 Å². The molecule has 3 rings (SSSR count). The van der Waals surface area contributed by atoms with Gasteiger partial charge in [0, 0.05) is 6.20 Å². The van der Waals surface area contributed by atoms with Gasteiger partial charge in [0.2, 0.25) is 5.89 Å². The van der Waals surface area contributed by atoms with Crippen LogP contribution < -0.4 is 4.74 Å². The van der Waals surface area contributed by atoms with Gasteiger partial charge in [-0.05, 0) is 37.3 Å². The number of nitriles is 1. The fraction of sp³-hybridized carbons (Fsp3) is 0.176. The zero-order valence-electron chi connectivity index (χ0n) is 12.8. The van der Waals surface area contributed by atoms with Gasteiger partial charge >= 0.3 is 0 Å². The molecule has 7 heteroatoms. The first-order chi connectivity index (χ1) is 11.7. The third kappa shape index (κ3) is 3.55. The van der Waals surface area contributed by atoms with Crippen molar-refractivity contribution in [3.05, 3.63) is 59.7 Å². The molecule has 2 aromatic heterocycles. The monoisotopic (exact) mass is 324 g/mol. The predicted molar refractivity (Wildman–Crippen MR) is 82.5 cm³/mol. The van der Waals surface area contributed by atoms with Gasteiger partial charge in [0.15, 0.2) is 6.17 Å². The Kier molecular flexibility index (Phi) is 4.47. The van der Waals surface area contributed by atoms with E-state index in [2.05, 4.69) is 21.3 Å². The predicted octanol–water partition coefficient (Wildman–Crippen LogP) is 3.61. The van der Waals surface area contributed by atoms with E-state index >= 15 is 0 Å². The van der Waals surface area contributed by atoms with Crippen molar-refractivity contribution in [1.82, 2.24) is 15.2 Å². The van der Waals surface area contributed by atoms with Crippen LogP contribution in [0.3, 0.4) is 0 Å². The number of halogens is 1. The van der Waals surface area contributed by atoms with Crippen molar-refractivity contribution in [2.45, 2.75) is 19.7 Å². The van der Waals surface area contributed by atoms with E-state index in [1.807, 2.05) is 0 Å². The topological polar surface area (TPSA) is 84.8 Å². The maximum absolute atomic E-state index is 13.1. The molecule has 0 radical (unpaired) electrons. The fourth-order valence-electron chi connectivity index (χ4n) is 1.96. The Labute approximate surface area is 137 Å². The van der Waals surface area contributed by atoms with E-state index in [0.717, 1.165) is 0 Å². The molecule has 1 atom stereocenters. The lowest BCUT2D eigenvalue weighted by Crippen LogP contribution is -1.98. The number of hydrogen-bond donors (Lipinski definition) is 0. The zero-order chi connectivity index (χ0) is 16.9. The average Bonchev–Trinajstić information content (AvgIpc) is 3.11. The molecule has 24 heavy (non-hydrogen) atoms. The molecular weight excluding hydrogens is 311 g/mol. The largest absolute Gasteiger partial charge is 0.487 e. The summed E-state index contributed by atoms with van der Waals surface area (Å²) in [5, 5.41) is 16.3. The summed E-state index contributed by atoms with van der Waals surface area (Å²) < 4.78 is 23.9. The Morgan fingerprint density at radius 2 is 2.17 bits per heavy atom. The van der Waals surface area contributed by atoms with Crippen LogP contribution in [0.25, 0.3) is 11.5 Å². The van der Waals surface area contributed by atoms with Crippen molar-refractivity contribution in [3.63, 3.8) is 0 Å². The van der Waals surface area contributed by atoms with E-state index in [9.17, 15) is 4.39 Å². The lowest BCUT2D eigenvalue weighted by Gasteiger charge is -2.06. The maximum Gasteiger partial charge on any atom is 0.250 e. The third-order valence-corrected chi connectivity index (χ3v) is 3.20. The van der Waals surface area contributed by atoms with Gasteiger partial charge in [-0.3, -0.25) is 4.98 Å². The van der Waals surface area contributed by atoms with Gasteiger partial charge in [0.05, 0.1) is 22.9 Å². The minimum Gasteiger partial charge on any atom is -0.487 e. The first-order valence-corrected chi connectivity index (χ1v) is 7.21. The third-order valence-electron chi connectivity index (χ3n) is 3.20. The molecule has 3 aromatic rings. The van der Waals surface area contributed by atoms with Crippen LogP contribution in [0, 0.1) is 11.3 Å². The van der Waals surface area contributed by atoms with Gasteiger partial charge in [0.1, 0.15) is 12.4 Å². The van der Waals surface area contributed by atoms with E-state index in [1.54, 1.807) is 42.6 Å². The second-order valence-electron chi connectivity index (χ2n) is 5.03. The van der Waals surface area contributed by atoms with Crippen molar-refractivity contribution in [3.8, 4) is 23.3 Å². The Morgan fingerprint density at radius 3 is 2.83 bits per heavy atom. The van der Waals surface area contributed by atoms with Crippen LogP contribution in [0.2, 0.25) is 0 Å². The first kappa shape index (κ1) is 15.6. The van der Waals surface area contributed by atoms with Crippen LogP contribution in [0.4, 0.5) is 4.39 Å². The number of benzene rings is 1. The average molecular weight is 324 g/mol. The molecule has 0 N–H and O–H groups in total. The number of rotatable bonds is 5. The van der Waals surface area contributed by atoms with E-state index in [0.29, 0.717) is 22.6 Å². The zero-order valence-corrected chi connectivity index (χ0v) is 12.8. The Morgan fingerprint density at radius 1 is 1.29 bits per heavy atom. The van der Waals surface area contributed by atoms with Crippen LogP contribution in [0.15, 0.2) is 47.0 Å². The minimum atomic E-state index is -1.31. The van der Waals surface area contributed by atoms with E-state index in [1.165, 1.54) is 6.92 Å². The molecule has 1 unspecified atom stereocenters. The first-order valence-electron chi connectivity index (χ1n) is 7.21. The van der Waals surface area contributed by atoms with Gasteiger partial charge < -0.3 is 9.15 Å². The van der Waals surface area contributed by atoms with Crippen LogP contribution in [-0.2, 0) is 6.61 Å². The highest BCUT2D eigenvalue weighted by Crippen LogP contribution is 2.22. The molecular formula is C17H13FN4O2. The van der Waals surface area contributed by atoms with Gasteiger partial charge in [-0.25, -0.2) is 4.39 Å². The van der Waals surface area contributed by atoms with Gasteiger partial charge in [0.25, 0.3) is 5.89 Å². The number of alkyl halides is 1. The summed E-state index contributed by atoms with van der Waals surface area (Å²) in [6, 6.07) is 12.4. The Bertz CT molecular complexity index is 869. The molecule has 6 nitrogen and oxygen atoms in total. The molecule has 0 amide bonds. The Hall–Kier alpha value is -3.27. The van der Waals surface area contributed by atoms with Crippen molar-refractivity contribution >= 4 is 0 Å². The highest BCUT2D eigenvalue weighted by molar-refractivity contribution is 5.50. The summed E-state index contributed by atoms with van der Waals surface area (Å²) in [4.78, 5) is 4.26. The standard InChI is InChI=1S/C17H13FN4O2/c1-11(18)16-21-22-17(24-16)13-5-6-14(20-9-13)10-23-15-4-2-3-12(7-15)8-19/h2-7,9,11H,10H2,1H3. The molecule has 0 saturated heterocycles. The molecule has 0 saturated carbocycles. The summed E-state index contributed by atoms with van der Waals surface area (Å²) in [5.74, 6) is 0.754. The maximum atomic E-state index is 13.1. The van der Waals surface area contributed by atoms with E-state index in [-0.39, 0.29) is 18.4 Å². The minimum absolute atomic E-state index is 0.0604. The molecule has 1 aromatic carbocycles. The van der Waals surface area contributed by atoms with Crippen LogP contribution in [0.1, 0.15) is 30.2 Å². The Balaban J connectivity index is 1.67. The highest BCUT2D eigenvalue weighted by atomic mass is 19.1. The van der Waals surface area contributed by atoms with Crippen molar-refractivity contribution in [1.29, 1.82) is 5.26 Å². The number of hydrogen-bond acceptors (Lipinski definition) is 6. The van der Waals surface area contributed by atoms with Crippen LogP contribution >= 0.6 is 0 Å². The van der Waals surface area contributed by atoms with E-state index in [4.69, 9.17) is 14.4 Å². The highest BCUT2D eigenvalue weighted by Gasteiger charge is 2.14. The van der Waals surface area contributed by atoms with Crippen molar-refractivity contribution < 1.29 is 13.5 Å². The van der Waals surface area contributed by atoms with E-state index < -0.39 is 6.17 Å². The second kappa shape index (κ2) is 6.87. The van der Waals surface area contributed by atoms with Crippen molar-refractivity contribution in [2.75, 3.05) is 0 Å². The molecule has 0 spiro atoms.